The topological polar surface area (TPSA) is 69.6 Å². The minimum absolute atomic E-state index is 0.0405. The third kappa shape index (κ3) is 4.85. The maximum absolute atomic E-state index is 13.4. The van der Waals surface area contributed by atoms with Crippen LogP contribution >= 0.6 is 0 Å². The van der Waals surface area contributed by atoms with Gasteiger partial charge in [0.2, 0.25) is 11.8 Å². The molecule has 0 saturated carbocycles. The van der Waals surface area contributed by atoms with Gasteiger partial charge in [-0.3, -0.25) is 9.59 Å². The maximum atomic E-state index is 13.4. The Morgan fingerprint density at radius 1 is 1.03 bits per heavy atom. The summed E-state index contributed by atoms with van der Waals surface area (Å²) in [6.07, 6.45) is 1.68. The SMILES string of the molecule is CC(C)[C@H](NC(=O)C(c1ccccc1)c1ccccc1)C(=O)N1CCC[C@@H]1CO. The number of carbonyl (C=O) groups excluding carboxylic acids is 2. The van der Waals surface area contributed by atoms with Crippen molar-refractivity contribution in [2.75, 3.05) is 13.2 Å². The van der Waals surface area contributed by atoms with Crippen molar-refractivity contribution in [3.8, 4) is 0 Å². The fourth-order valence-electron chi connectivity index (χ4n) is 4.03. The van der Waals surface area contributed by atoms with Crippen LogP contribution in [-0.2, 0) is 9.59 Å². The molecule has 0 unspecified atom stereocenters. The van der Waals surface area contributed by atoms with Crippen LogP contribution in [0.5, 0.6) is 0 Å². The molecule has 2 aromatic carbocycles. The number of aliphatic hydroxyl groups is 1. The Hall–Kier alpha value is -2.66. The van der Waals surface area contributed by atoms with E-state index in [2.05, 4.69) is 5.32 Å². The van der Waals surface area contributed by atoms with Crippen LogP contribution in [0.25, 0.3) is 0 Å². The van der Waals surface area contributed by atoms with Crippen molar-refractivity contribution in [1.82, 2.24) is 10.2 Å². The van der Waals surface area contributed by atoms with E-state index in [9.17, 15) is 14.7 Å². The van der Waals surface area contributed by atoms with Gasteiger partial charge in [-0.05, 0) is 29.9 Å². The van der Waals surface area contributed by atoms with E-state index in [0.717, 1.165) is 24.0 Å². The van der Waals surface area contributed by atoms with E-state index in [1.165, 1.54) is 0 Å². The summed E-state index contributed by atoms with van der Waals surface area (Å²) < 4.78 is 0. The fraction of sp³-hybridized carbons (Fsp3) is 0.417. The molecule has 29 heavy (non-hydrogen) atoms. The van der Waals surface area contributed by atoms with Crippen LogP contribution in [0.2, 0.25) is 0 Å². The molecular weight excluding hydrogens is 364 g/mol. The second-order valence-electron chi connectivity index (χ2n) is 7.99. The molecule has 5 heteroatoms. The number of nitrogens with one attached hydrogen (secondary N) is 1. The van der Waals surface area contributed by atoms with Gasteiger partial charge in [0.1, 0.15) is 6.04 Å². The highest BCUT2D eigenvalue weighted by atomic mass is 16.3. The molecule has 0 spiro atoms. The highest BCUT2D eigenvalue weighted by molar-refractivity contribution is 5.92. The van der Waals surface area contributed by atoms with Crippen LogP contribution in [0, 0.1) is 5.92 Å². The molecular formula is C24H30N2O3. The van der Waals surface area contributed by atoms with Gasteiger partial charge < -0.3 is 15.3 Å². The molecule has 0 radical (unpaired) electrons. The van der Waals surface area contributed by atoms with Gasteiger partial charge in [-0.1, -0.05) is 74.5 Å². The molecule has 1 fully saturated rings. The summed E-state index contributed by atoms with van der Waals surface area (Å²) in [5, 5.41) is 12.6. The number of hydrogen-bond acceptors (Lipinski definition) is 3. The van der Waals surface area contributed by atoms with E-state index < -0.39 is 12.0 Å². The Morgan fingerprint density at radius 3 is 2.07 bits per heavy atom. The average molecular weight is 395 g/mol. The van der Waals surface area contributed by atoms with Crippen LogP contribution in [0.1, 0.15) is 43.7 Å². The quantitative estimate of drug-likeness (QED) is 0.759. The lowest BCUT2D eigenvalue weighted by atomic mass is 9.89. The minimum atomic E-state index is -0.621. The maximum Gasteiger partial charge on any atom is 0.245 e. The summed E-state index contributed by atoms with van der Waals surface area (Å²) in [5.74, 6) is -0.837. The highest BCUT2D eigenvalue weighted by Gasteiger charge is 2.36. The van der Waals surface area contributed by atoms with Crippen molar-refractivity contribution in [1.29, 1.82) is 0 Å². The van der Waals surface area contributed by atoms with Gasteiger partial charge in [0.15, 0.2) is 0 Å². The molecule has 1 aliphatic rings. The zero-order chi connectivity index (χ0) is 20.8. The second-order valence-corrected chi connectivity index (χ2v) is 7.99. The average Bonchev–Trinajstić information content (AvgIpc) is 3.22. The summed E-state index contributed by atoms with van der Waals surface area (Å²) in [5.41, 5.74) is 1.78. The van der Waals surface area contributed by atoms with Gasteiger partial charge in [-0.25, -0.2) is 0 Å². The number of likely N-dealkylation sites (tertiary alicyclic amines) is 1. The van der Waals surface area contributed by atoms with Crippen LogP contribution in [0.15, 0.2) is 60.7 Å². The van der Waals surface area contributed by atoms with E-state index in [4.69, 9.17) is 0 Å². The molecule has 2 N–H and O–H groups in total. The standard InChI is InChI=1S/C24H30N2O3/c1-17(2)22(24(29)26-15-9-14-20(26)16-27)25-23(28)21(18-10-5-3-6-11-18)19-12-7-4-8-13-19/h3-8,10-13,17,20-22,27H,9,14-16H2,1-2H3,(H,25,28)/t20-,22+/m1/s1. The number of amides is 2. The fourth-order valence-corrected chi connectivity index (χ4v) is 4.03. The van der Waals surface area contributed by atoms with Crippen molar-refractivity contribution < 1.29 is 14.7 Å². The zero-order valence-electron chi connectivity index (χ0n) is 17.1. The van der Waals surface area contributed by atoms with Gasteiger partial charge in [0.05, 0.1) is 18.6 Å². The Morgan fingerprint density at radius 2 is 1.59 bits per heavy atom. The molecule has 154 valence electrons. The third-order valence-electron chi connectivity index (χ3n) is 5.63. The van der Waals surface area contributed by atoms with Gasteiger partial charge in [0, 0.05) is 6.54 Å². The lowest BCUT2D eigenvalue weighted by Gasteiger charge is -2.31. The highest BCUT2D eigenvalue weighted by Crippen LogP contribution is 2.26. The third-order valence-corrected chi connectivity index (χ3v) is 5.63. The molecule has 5 nitrogen and oxygen atoms in total. The smallest absolute Gasteiger partial charge is 0.245 e. The first-order valence-corrected chi connectivity index (χ1v) is 10.3. The number of rotatable bonds is 7. The summed E-state index contributed by atoms with van der Waals surface area (Å²) in [6, 6.07) is 18.5. The summed E-state index contributed by atoms with van der Waals surface area (Å²) >= 11 is 0. The summed E-state index contributed by atoms with van der Waals surface area (Å²) in [6.45, 7) is 4.46. The van der Waals surface area contributed by atoms with Crippen LogP contribution < -0.4 is 5.32 Å². The lowest BCUT2D eigenvalue weighted by Crippen LogP contribution is -2.53. The minimum Gasteiger partial charge on any atom is -0.394 e. The second kappa shape index (κ2) is 9.70. The van der Waals surface area contributed by atoms with Crippen LogP contribution in [-0.4, -0.2) is 47.1 Å². The van der Waals surface area contributed by atoms with E-state index in [0.29, 0.717) is 6.54 Å². The van der Waals surface area contributed by atoms with Crippen molar-refractivity contribution in [3.05, 3.63) is 71.8 Å². The van der Waals surface area contributed by atoms with Crippen molar-refractivity contribution in [2.45, 2.75) is 44.7 Å². The van der Waals surface area contributed by atoms with Gasteiger partial charge in [-0.2, -0.15) is 0 Å². The predicted octanol–water partition coefficient (Wildman–Crippen LogP) is 2.94. The van der Waals surface area contributed by atoms with Gasteiger partial charge in [-0.15, -0.1) is 0 Å². The number of carbonyl (C=O) groups is 2. The van der Waals surface area contributed by atoms with E-state index in [1.807, 2.05) is 74.5 Å². The predicted molar refractivity (Wildman–Crippen MR) is 113 cm³/mol. The molecule has 1 heterocycles. The number of aliphatic hydroxyl groups excluding tert-OH is 1. The number of benzene rings is 2. The normalized spacial score (nSPS) is 17.6. The molecule has 2 amide bonds. The largest absolute Gasteiger partial charge is 0.394 e. The first-order valence-electron chi connectivity index (χ1n) is 10.3. The van der Waals surface area contributed by atoms with Crippen molar-refractivity contribution >= 4 is 11.8 Å². The molecule has 2 aromatic rings. The van der Waals surface area contributed by atoms with Crippen LogP contribution in [0.4, 0.5) is 0 Å². The monoisotopic (exact) mass is 394 g/mol. The van der Waals surface area contributed by atoms with E-state index in [-0.39, 0.29) is 30.4 Å². The number of nitrogens with zero attached hydrogens (tertiary/aromatic N) is 1. The van der Waals surface area contributed by atoms with Gasteiger partial charge in [0.25, 0.3) is 0 Å². The Balaban J connectivity index is 1.86. The van der Waals surface area contributed by atoms with Gasteiger partial charge >= 0.3 is 0 Å². The molecule has 0 aliphatic carbocycles. The molecule has 3 rings (SSSR count). The number of hydrogen-bond donors (Lipinski definition) is 2. The zero-order valence-corrected chi connectivity index (χ0v) is 17.1. The van der Waals surface area contributed by atoms with E-state index in [1.54, 1.807) is 4.90 Å². The van der Waals surface area contributed by atoms with E-state index >= 15 is 0 Å². The summed E-state index contributed by atoms with van der Waals surface area (Å²) in [7, 11) is 0. The molecule has 1 aliphatic heterocycles. The Bertz CT molecular complexity index is 768. The van der Waals surface area contributed by atoms with Crippen LogP contribution in [0.3, 0.4) is 0 Å². The Labute approximate surface area is 172 Å². The molecule has 0 aromatic heterocycles. The first-order chi connectivity index (χ1) is 14.0. The van der Waals surface area contributed by atoms with Crippen molar-refractivity contribution in [2.24, 2.45) is 5.92 Å². The summed E-state index contributed by atoms with van der Waals surface area (Å²) in [4.78, 5) is 28.3. The molecule has 1 saturated heterocycles. The van der Waals surface area contributed by atoms with Crippen molar-refractivity contribution in [3.63, 3.8) is 0 Å². The molecule has 0 bridgehead atoms. The first kappa shape index (κ1) is 21.1. The lowest BCUT2D eigenvalue weighted by molar-refractivity contribution is -0.139. The molecule has 2 atom stereocenters. The Kier molecular flexibility index (Phi) is 7.04.